The maximum Gasteiger partial charge on any atom is 0.408 e. The van der Waals surface area contributed by atoms with Gasteiger partial charge in [0.25, 0.3) is 0 Å². The summed E-state index contributed by atoms with van der Waals surface area (Å²) in [6.07, 6.45) is -0.0598. The Bertz CT molecular complexity index is 744. The molecule has 1 heterocycles. The fourth-order valence-electron chi connectivity index (χ4n) is 2.62. The third-order valence-corrected chi connectivity index (χ3v) is 3.78. The first-order valence-corrected chi connectivity index (χ1v) is 7.60. The van der Waals surface area contributed by atoms with E-state index in [9.17, 15) is 14.7 Å². The number of ether oxygens (including phenoxy) is 2. The molecular weight excluding hydrogens is 310 g/mol. The van der Waals surface area contributed by atoms with Crippen LogP contribution in [-0.4, -0.2) is 23.8 Å². The topological polar surface area (TPSA) is 84.9 Å². The lowest BCUT2D eigenvalue weighted by Crippen LogP contribution is -2.34. The van der Waals surface area contributed by atoms with Crippen LogP contribution in [0, 0.1) is 0 Å². The maximum atomic E-state index is 12.0. The SMILES string of the molecule is O=C(NC(C(=O)O)c1cccc2c1OCC2)OCc1ccccc1. The number of fused-ring (bicyclic) bond motifs is 1. The summed E-state index contributed by atoms with van der Waals surface area (Å²) in [5, 5.41) is 11.9. The van der Waals surface area contributed by atoms with Crippen molar-refractivity contribution >= 4 is 12.1 Å². The first kappa shape index (κ1) is 15.9. The summed E-state index contributed by atoms with van der Waals surface area (Å²) < 4.78 is 10.6. The summed E-state index contributed by atoms with van der Waals surface area (Å²) in [7, 11) is 0. The molecule has 0 radical (unpaired) electrons. The zero-order valence-electron chi connectivity index (χ0n) is 12.9. The molecule has 3 rings (SSSR count). The Hall–Kier alpha value is -3.02. The van der Waals surface area contributed by atoms with Gasteiger partial charge in [-0.15, -0.1) is 0 Å². The summed E-state index contributed by atoms with van der Waals surface area (Å²) in [6.45, 7) is 0.583. The number of carbonyl (C=O) groups excluding carboxylic acids is 1. The van der Waals surface area contributed by atoms with Crippen LogP contribution in [0.15, 0.2) is 48.5 Å². The van der Waals surface area contributed by atoms with E-state index in [1.54, 1.807) is 12.1 Å². The highest BCUT2D eigenvalue weighted by Gasteiger charge is 2.29. The molecule has 0 aliphatic carbocycles. The van der Waals surface area contributed by atoms with E-state index < -0.39 is 18.1 Å². The molecule has 2 N–H and O–H groups in total. The van der Waals surface area contributed by atoms with Gasteiger partial charge in [0.15, 0.2) is 6.04 Å². The minimum atomic E-state index is -1.22. The number of carbonyl (C=O) groups is 2. The fourth-order valence-corrected chi connectivity index (χ4v) is 2.62. The monoisotopic (exact) mass is 327 g/mol. The second-order valence-corrected chi connectivity index (χ2v) is 5.41. The van der Waals surface area contributed by atoms with Gasteiger partial charge in [0, 0.05) is 12.0 Å². The quantitative estimate of drug-likeness (QED) is 0.882. The molecule has 0 aromatic heterocycles. The molecule has 2 aromatic carbocycles. The number of amides is 1. The highest BCUT2D eigenvalue weighted by molar-refractivity contribution is 5.82. The third kappa shape index (κ3) is 3.48. The highest BCUT2D eigenvalue weighted by atomic mass is 16.5. The normalized spacial score (nSPS) is 13.5. The zero-order valence-corrected chi connectivity index (χ0v) is 12.9. The molecule has 0 spiro atoms. The molecule has 1 aliphatic heterocycles. The Morgan fingerprint density at radius 3 is 2.71 bits per heavy atom. The first-order valence-electron chi connectivity index (χ1n) is 7.60. The van der Waals surface area contributed by atoms with E-state index in [1.165, 1.54) is 0 Å². The second kappa shape index (κ2) is 7.04. The van der Waals surface area contributed by atoms with Crippen molar-refractivity contribution in [2.75, 3.05) is 6.61 Å². The average molecular weight is 327 g/mol. The Labute approximate surface area is 139 Å². The molecule has 0 fully saturated rings. The van der Waals surface area contributed by atoms with E-state index in [0.717, 1.165) is 17.5 Å². The summed E-state index contributed by atoms with van der Waals surface area (Å²) in [6, 6.07) is 13.2. The van der Waals surface area contributed by atoms with Crippen molar-refractivity contribution in [3.63, 3.8) is 0 Å². The number of para-hydroxylation sites is 1. The average Bonchev–Trinajstić information content (AvgIpc) is 3.07. The predicted molar refractivity (Wildman–Crippen MR) is 85.8 cm³/mol. The van der Waals surface area contributed by atoms with Crippen molar-refractivity contribution in [1.29, 1.82) is 0 Å². The number of benzene rings is 2. The van der Waals surface area contributed by atoms with E-state index in [1.807, 2.05) is 36.4 Å². The van der Waals surface area contributed by atoms with Gasteiger partial charge in [-0.3, -0.25) is 0 Å². The summed E-state index contributed by atoms with van der Waals surface area (Å²) in [5.74, 6) is -0.635. The molecule has 0 bridgehead atoms. The van der Waals surface area contributed by atoms with Crippen LogP contribution in [0.4, 0.5) is 4.79 Å². The van der Waals surface area contributed by atoms with Crippen molar-refractivity contribution in [2.24, 2.45) is 0 Å². The third-order valence-electron chi connectivity index (χ3n) is 3.78. The van der Waals surface area contributed by atoms with Crippen LogP contribution in [0.25, 0.3) is 0 Å². The molecular formula is C18H17NO5. The number of aliphatic carboxylic acids is 1. The van der Waals surface area contributed by atoms with Gasteiger partial charge >= 0.3 is 12.1 Å². The Morgan fingerprint density at radius 1 is 1.17 bits per heavy atom. The van der Waals surface area contributed by atoms with E-state index >= 15 is 0 Å². The lowest BCUT2D eigenvalue weighted by molar-refractivity contribution is -0.139. The molecule has 1 amide bonds. The van der Waals surface area contributed by atoms with E-state index in [-0.39, 0.29) is 6.61 Å². The van der Waals surface area contributed by atoms with Crippen LogP contribution < -0.4 is 10.1 Å². The van der Waals surface area contributed by atoms with Crippen molar-refractivity contribution in [3.05, 3.63) is 65.2 Å². The van der Waals surface area contributed by atoms with Gasteiger partial charge in [-0.1, -0.05) is 48.5 Å². The van der Waals surface area contributed by atoms with Crippen LogP contribution in [0.2, 0.25) is 0 Å². The molecule has 6 nitrogen and oxygen atoms in total. The minimum Gasteiger partial charge on any atom is -0.493 e. The van der Waals surface area contributed by atoms with E-state index in [2.05, 4.69) is 5.32 Å². The first-order chi connectivity index (χ1) is 11.6. The molecule has 6 heteroatoms. The number of hydrogen-bond acceptors (Lipinski definition) is 4. The van der Waals surface area contributed by atoms with Crippen LogP contribution in [0.5, 0.6) is 5.75 Å². The molecule has 1 aliphatic rings. The Morgan fingerprint density at radius 2 is 1.96 bits per heavy atom. The van der Waals surface area contributed by atoms with Gasteiger partial charge < -0.3 is 19.9 Å². The molecule has 124 valence electrons. The van der Waals surface area contributed by atoms with Gasteiger partial charge in [-0.05, 0) is 11.1 Å². The number of hydrogen-bond donors (Lipinski definition) is 2. The summed E-state index contributed by atoms with van der Waals surface area (Å²) in [4.78, 5) is 23.6. The number of carboxylic acid groups (broad SMARTS) is 1. The van der Waals surface area contributed by atoms with Crippen molar-refractivity contribution in [2.45, 2.75) is 19.1 Å². The smallest absolute Gasteiger partial charge is 0.408 e. The highest BCUT2D eigenvalue weighted by Crippen LogP contribution is 2.33. The zero-order chi connectivity index (χ0) is 16.9. The van der Waals surface area contributed by atoms with Crippen molar-refractivity contribution in [3.8, 4) is 5.75 Å². The van der Waals surface area contributed by atoms with Crippen molar-refractivity contribution in [1.82, 2.24) is 5.32 Å². The predicted octanol–water partition coefficient (Wildman–Crippen LogP) is 2.67. The van der Waals surface area contributed by atoms with Crippen molar-refractivity contribution < 1.29 is 24.2 Å². The minimum absolute atomic E-state index is 0.0718. The van der Waals surface area contributed by atoms with Crippen LogP contribution >= 0.6 is 0 Å². The van der Waals surface area contributed by atoms with E-state index in [0.29, 0.717) is 17.9 Å². The molecule has 2 aromatic rings. The van der Waals surface area contributed by atoms with Crippen LogP contribution in [0.3, 0.4) is 0 Å². The largest absolute Gasteiger partial charge is 0.493 e. The van der Waals surface area contributed by atoms with Gasteiger partial charge in [0.2, 0.25) is 0 Å². The van der Waals surface area contributed by atoms with Crippen LogP contribution in [0.1, 0.15) is 22.7 Å². The van der Waals surface area contributed by atoms with Gasteiger partial charge in [-0.2, -0.15) is 0 Å². The molecule has 1 atom stereocenters. The lowest BCUT2D eigenvalue weighted by Gasteiger charge is -2.17. The summed E-state index contributed by atoms with van der Waals surface area (Å²) in [5.41, 5.74) is 2.19. The van der Waals surface area contributed by atoms with E-state index in [4.69, 9.17) is 9.47 Å². The van der Waals surface area contributed by atoms with Gasteiger partial charge in [0.1, 0.15) is 12.4 Å². The fraction of sp³-hybridized carbons (Fsp3) is 0.222. The van der Waals surface area contributed by atoms with Gasteiger partial charge in [-0.25, -0.2) is 9.59 Å². The molecule has 0 saturated heterocycles. The maximum absolute atomic E-state index is 12.0. The van der Waals surface area contributed by atoms with Gasteiger partial charge in [0.05, 0.1) is 6.61 Å². The standard InChI is InChI=1S/C18H17NO5/c20-17(21)15(14-8-4-7-13-9-10-23-16(13)14)19-18(22)24-11-12-5-2-1-3-6-12/h1-8,15H,9-11H2,(H,19,22)(H,20,21). The van der Waals surface area contributed by atoms with Crippen LogP contribution in [-0.2, 0) is 22.6 Å². The number of alkyl carbamates (subject to hydrolysis) is 1. The molecule has 24 heavy (non-hydrogen) atoms. The molecule has 1 unspecified atom stereocenters. The lowest BCUT2D eigenvalue weighted by atomic mass is 10.0. The summed E-state index contributed by atoms with van der Waals surface area (Å²) >= 11 is 0. The molecule has 0 saturated carbocycles. The Balaban J connectivity index is 1.70. The second-order valence-electron chi connectivity index (χ2n) is 5.41. The number of nitrogens with one attached hydrogen (secondary N) is 1. The Kier molecular flexibility index (Phi) is 4.65. The number of carboxylic acids is 1. The number of rotatable bonds is 5.